The van der Waals surface area contributed by atoms with Crippen LogP contribution in [0.1, 0.15) is 31.0 Å². The van der Waals surface area contributed by atoms with E-state index in [1.54, 1.807) is 62.4 Å². The second kappa shape index (κ2) is 8.53. The van der Waals surface area contributed by atoms with Gasteiger partial charge in [-0.05, 0) is 49.2 Å². The number of allylic oxidation sites excluding steroid dienone is 1. The lowest BCUT2D eigenvalue weighted by Crippen LogP contribution is -2.40. The van der Waals surface area contributed by atoms with Crippen LogP contribution in [0.4, 0.5) is 0 Å². The Kier molecular flexibility index (Phi) is 5.80. The lowest BCUT2D eigenvalue weighted by atomic mass is 9.96. The lowest BCUT2D eigenvalue weighted by molar-refractivity contribution is -0.139. The van der Waals surface area contributed by atoms with E-state index in [9.17, 15) is 14.7 Å². The maximum absolute atomic E-state index is 13.4. The van der Waals surface area contributed by atoms with Crippen LogP contribution in [0, 0.1) is 0 Å². The molecule has 158 valence electrons. The molecule has 0 saturated heterocycles. The molecule has 0 bridgehead atoms. The Morgan fingerprint density at radius 3 is 2.65 bits per heavy atom. The van der Waals surface area contributed by atoms with Crippen LogP contribution in [0.2, 0.25) is 5.02 Å². The Bertz CT molecular complexity index is 1370. The van der Waals surface area contributed by atoms with E-state index < -0.39 is 12.0 Å². The Labute approximate surface area is 187 Å². The van der Waals surface area contributed by atoms with Crippen molar-refractivity contribution in [2.24, 2.45) is 4.99 Å². The number of esters is 1. The summed E-state index contributed by atoms with van der Waals surface area (Å²) in [6.07, 6.45) is 1.73. The number of rotatable bonds is 4. The number of ether oxygens (including phenoxy) is 1. The summed E-state index contributed by atoms with van der Waals surface area (Å²) in [7, 11) is 0. The molecular weight excluding hydrogens is 436 g/mol. The summed E-state index contributed by atoms with van der Waals surface area (Å²) in [5, 5.41) is 9.94. The molecule has 6 nitrogen and oxygen atoms in total. The Hall–Kier alpha value is -3.16. The third kappa shape index (κ3) is 3.94. The number of aromatic hydroxyl groups is 1. The number of hydrogen-bond acceptors (Lipinski definition) is 6. The molecule has 0 unspecified atom stereocenters. The minimum atomic E-state index is -0.744. The molecule has 0 fully saturated rings. The van der Waals surface area contributed by atoms with E-state index in [4.69, 9.17) is 16.3 Å². The van der Waals surface area contributed by atoms with Crippen molar-refractivity contribution in [2.75, 3.05) is 6.61 Å². The van der Waals surface area contributed by atoms with Gasteiger partial charge in [-0.15, -0.1) is 0 Å². The molecule has 1 atom stereocenters. The summed E-state index contributed by atoms with van der Waals surface area (Å²) in [6, 6.07) is 12.9. The number of aromatic nitrogens is 1. The Morgan fingerprint density at radius 2 is 1.97 bits per heavy atom. The first-order chi connectivity index (χ1) is 14.9. The normalized spacial score (nSPS) is 16.1. The monoisotopic (exact) mass is 454 g/mol. The molecule has 2 heterocycles. The molecule has 3 aromatic rings. The van der Waals surface area contributed by atoms with E-state index in [0.717, 1.165) is 5.56 Å². The molecule has 0 amide bonds. The largest absolute Gasteiger partial charge is 0.508 e. The van der Waals surface area contributed by atoms with Crippen molar-refractivity contribution < 1.29 is 14.6 Å². The first-order valence-electron chi connectivity index (χ1n) is 9.64. The zero-order valence-electron chi connectivity index (χ0n) is 16.8. The number of carbonyl (C=O) groups excluding carboxylic acids is 1. The maximum atomic E-state index is 13.4. The molecule has 2 aromatic carbocycles. The predicted molar refractivity (Wildman–Crippen MR) is 120 cm³/mol. The average Bonchev–Trinajstić information content (AvgIpc) is 3.04. The summed E-state index contributed by atoms with van der Waals surface area (Å²) in [4.78, 5) is 31.3. The zero-order valence-corrected chi connectivity index (χ0v) is 18.4. The molecule has 1 N–H and O–H groups in total. The van der Waals surface area contributed by atoms with E-state index >= 15 is 0 Å². The van der Waals surface area contributed by atoms with Gasteiger partial charge in [0.15, 0.2) is 4.80 Å². The predicted octanol–water partition coefficient (Wildman–Crippen LogP) is 3.16. The highest BCUT2D eigenvalue weighted by Crippen LogP contribution is 2.34. The van der Waals surface area contributed by atoms with Gasteiger partial charge < -0.3 is 9.84 Å². The number of fused-ring (bicyclic) bond motifs is 1. The molecule has 1 aliphatic heterocycles. The topological polar surface area (TPSA) is 80.9 Å². The van der Waals surface area contributed by atoms with Gasteiger partial charge in [0.1, 0.15) is 11.8 Å². The molecule has 0 radical (unpaired) electrons. The first-order valence-corrected chi connectivity index (χ1v) is 10.8. The second-order valence-electron chi connectivity index (χ2n) is 6.92. The Morgan fingerprint density at radius 1 is 1.26 bits per heavy atom. The van der Waals surface area contributed by atoms with Gasteiger partial charge in [0.25, 0.3) is 5.56 Å². The molecule has 1 aromatic heterocycles. The lowest BCUT2D eigenvalue weighted by Gasteiger charge is -2.25. The van der Waals surface area contributed by atoms with Gasteiger partial charge in [0, 0.05) is 5.02 Å². The molecule has 8 heteroatoms. The molecule has 1 aliphatic rings. The third-order valence-corrected chi connectivity index (χ3v) is 6.23. The van der Waals surface area contributed by atoms with Crippen LogP contribution in [-0.4, -0.2) is 22.2 Å². The van der Waals surface area contributed by atoms with Crippen molar-refractivity contribution in [3.05, 3.63) is 95.6 Å². The number of phenols is 1. The van der Waals surface area contributed by atoms with E-state index in [2.05, 4.69) is 4.99 Å². The summed E-state index contributed by atoms with van der Waals surface area (Å²) in [5.74, 6) is -0.381. The Balaban J connectivity index is 1.97. The van der Waals surface area contributed by atoms with Crippen molar-refractivity contribution in [1.82, 2.24) is 4.57 Å². The van der Waals surface area contributed by atoms with Crippen LogP contribution in [0.25, 0.3) is 6.08 Å². The van der Waals surface area contributed by atoms with Gasteiger partial charge in [-0.25, -0.2) is 9.79 Å². The number of hydrogen-bond donors (Lipinski definition) is 1. The van der Waals surface area contributed by atoms with Gasteiger partial charge >= 0.3 is 5.97 Å². The van der Waals surface area contributed by atoms with Gasteiger partial charge in [-0.1, -0.05) is 53.3 Å². The second-order valence-corrected chi connectivity index (χ2v) is 8.33. The van der Waals surface area contributed by atoms with Gasteiger partial charge in [-0.3, -0.25) is 9.36 Å². The summed E-state index contributed by atoms with van der Waals surface area (Å²) >= 11 is 7.71. The van der Waals surface area contributed by atoms with Crippen LogP contribution < -0.4 is 14.9 Å². The van der Waals surface area contributed by atoms with Crippen LogP contribution in [0.5, 0.6) is 5.75 Å². The number of halogens is 1. The fraction of sp³-hybridized carbons (Fsp3) is 0.174. The summed E-state index contributed by atoms with van der Waals surface area (Å²) in [6.45, 7) is 3.66. The minimum absolute atomic E-state index is 0.145. The van der Waals surface area contributed by atoms with Crippen molar-refractivity contribution in [1.29, 1.82) is 0 Å². The molecule has 0 spiro atoms. The molecule has 0 saturated carbocycles. The van der Waals surface area contributed by atoms with E-state index in [1.165, 1.54) is 15.9 Å². The van der Waals surface area contributed by atoms with Crippen LogP contribution in [0.3, 0.4) is 0 Å². The zero-order chi connectivity index (χ0) is 22.1. The molecule has 4 rings (SSSR count). The van der Waals surface area contributed by atoms with Crippen molar-refractivity contribution >= 4 is 35.0 Å². The summed E-state index contributed by atoms with van der Waals surface area (Å²) in [5.41, 5.74) is 1.88. The highest BCUT2D eigenvalue weighted by molar-refractivity contribution is 7.07. The minimum Gasteiger partial charge on any atom is -0.508 e. The standard InChI is InChI=1S/C23H19ClN2O4S/c1-3-30-22(29)19-13(2)25-23-26(20(19)16-6-4-5-7-17(16)24)21(28)18(31-23)12-14-8-10-15(27)11-9-14/h4-12,20,27H,3H2,1-2H3/b18-12-/t20-/m1/s1. The highest BCUT2D eigenvalue weighted by atomic mass is 35.5. The number of thiazole rings is 1. The van der Waals surface area contributed by atoms with E-state index in [0.29, 0.717) is 31.2 Å². The fourth-order valence-electron chi connectivity index (χ4n) is 3.50. The number of carbonyl (C=O) groups is 1. The van der Waals surface area contributed by atoms with E-state index in [-0.39, 0.29) is 17.9 Å². The highest BCUT2D eigenvalue weighted by Gasteiger charge is 2.34. The van der Waals surface area contributed by atoms with Crippen molar-refractivity contribution in [2.45, 2.75) is 19.9 Å². The van der Waals surface area contributed by atoms with Crippen LogP contribution in [0.15, 0.2) is 69.6 Å². The maximum Gasteiger partial charge on any atom is 0.338 e. The quantitative estimate of drug-likeness (QED) is 0.614. The molecular formula is C23H19ClN2O4S. The van der Waals surface area contributed by atoms with E-state index in [1.807, 2.05) is 6.07 Å². The number of benzene rings is 2. The molecule has 0 aliphatic carbocycles. The van der Waals surface area contributed by atoms with Crippen molar-refractivity contribution in [3.8, 4) is 5.75 Å². The summed E-state index contributed by atoms with van der Waals surface area (Å²) < 4.78 is 7.22. The smallest absolute Gasteiger partial charge is 0.338 e. The molecule has 31 heavy (non-hydrogen) atoms. The number of nitrogens with zero attached hydrogens (tertiary/aromatic N) is 2. The van der Waals surface area contributed by atoms with Gasteiger partial charge in [0.2, 0.25) is 0 Å². The van der Waals surface area contributed by atoms with Crippen molar-refractivity contribution in [3.63, 3.8) is 0 Å². The van der Waals surface area contributed by atoms with Gasteiger partial charge in [-0.2, -0.15) is 0 Å². The average molecular weight is 455 g/mol. The van der Waals surface area contributed by atoms with Crippen LogP contribution >= 0.6 is 22.9 Å². The SMILES string of the molecule is CCOC(=O)C1=C(C)N=c2s/c(=C\c3ccc(O)cc3)c(=O)n2[C@@H]1c1ccccc1Cl. The first kappa shape index (κ1) is 21.1. The van der Waals surface area contributed by atoms with Crippen LogP contribution in [-0.2, 0) is 9.53 Å². The third-order valence-electron chi connectivity index (χ3n) is 4.91. The number of phenolic OH excluding ortho intramolecular Hbond substituents is 1. The van der Waals surface area contributed by atoms with Gasteiger partial charge in [0.05, 0.1) is 22.4 Å². The fourth-order valence-corrected chi connectivity index (χ4v) is 4.79.